The fourth-order valence-corrected chi connectivity index (χ4v) is 5.49. The Kier molecular flexibility index (Phi) is 2.23. The Morgan fingerprint density at radius 2 is 2.09 bits per heavy atom. The van der Waals surface area contributed by atoms with Crippen molar-refractivity contribution in [3.05, 3.63) is 36.0 Å². The lowest BCUT2D eigenvalue weighted by Gasteiger charge is -2.50. The van der Waals surface area contributed by atoms with Gasteiger partial charge in [-0.05, 0) is 31.1 Å². The molecular formula is C18H18O5. The lowest BCUT2D eigenvalue weighted by molar-refractivity contribution is -0.148. The van der Waals surface area contributed by atoms with Gasteiger partial charge in [-0.15, -0.1) is 0 Å². The van der Waals surface area contributed by atoms with Gasteiger partial charge in [-0.25, -0.2) is 4.79 Å². The summed E-state index contributed by atoms with van der Waals surface area (Å²) in [5, 5.41) is 0. The van der Waals surface area contributed by atoms with Gasteiger partial charge >= 0.3 is 11.9 Å². The molecule has 1 saturated carbocycles. The van der Waals surface area contributed by atoms with Gasteiger partial charge in [0.2, 0.25) is 0 Å². The summed E-state index contributed by atoms with van der Waals surface area (Å²) in [5.41, 5.74) is 0.877. The predicted molar refractivity (Wildman–Crippen MR) is 79.1 cm³/mol. The molecule has 0 aromatic heterocycles. The summed E-state index contributed by atoms with van der Waals surface area (Å²) in [6.45, 7) is 7.85. The lowest BCUT2D eigenvalue weighted by atomic mass is 9.49. The smallest absolute Gasteiger partial charge is 0.331 e. The second-order valence-electron chi connectivity index (χ2n) is 7.62. The first-order valence-electron chi connectivity index (χ1n) is 8.03. The molecule has 0 amide bonds. The number of cyclic esters (lactones) is 1. The van der Waals surface area contributed by atoms with E-state index in [2.05, 4.69) is 13.5 Å². The highest BCUT2D eigenvalue weighted by atomic mass is 16.6. The van der Waals surface area contributed by atoms with Crippen LogP contribution in [-0.2, 0) is 23.8 Å². The zero-order valence-corrected chi connectivity index (χ0v) is 13.1. The molecule has 0 radical (unpaired) electrons. The quantitative estimate of drug-likeness (QED) is 0.419. The van der Waals surface area contributed by atoms with E-state index >= 15 is 0 Å². The SMILES string of the molecule is C=CC1OC(=O)C=C2C1=CC1OC(=O)C3(C)C4OC4CC2(C)C13. The summed E-state index contributed by atoms with van der Waals surface area (Å²) in [6, 6.07) is 0. The van der Waals surface area contributed by atoms with E-state index in [-0.39, 0.29) is 41.6 Å². The van der Waals surface area contributed by atoms with Crippen molar-refractivity contribution >= 4 is 11.9 Å². The number of ether oxygens (including phenoxy) is 3. The van der Waals surface area contributed by atoms with Crippen molar-refractivity contribution in [1.82, 2.24) is 0 Å². The van der Waals surface area contributed by atoms with E-state index in [9.17, 15) is 9.59 Å². The monoisotopic (exact) mass is 314 g/mol. The second-order valence-corrected chi connectivity index (χ2v) is 7.62. The van der Waals surface area contributed by atoms with Crippen LogP contribution in [0.4, 0.5) is 0 Å². The van der Waals surface area contributed by atoms with Crippen LogP contribution in [0.3, 0.4) is 0 Å². The van der Waals surface area contributed by atoms with Gasteiger partial charge < -0.3 is 14.2 Å². The molecule has 3 fully saturated rings. The summed E-state index contributed by atoms with van der Waals surface area (Å²) in [6.07, 6.45) is 5.17. The molecule has 2 aliphatic carbocycles. The van der Waals surface area contributed by atoms with Crippen molar-refractivity contribution in [3.8, 4) is 0 Å². The number of hydrogen-bond donors (Lipinski definition) is 0. The van der Waals surface area contributed by atoms with Crippen molar-refractivity contribution < 1.29 is 23.8 Å². The van der Waals surface area contributed by atoms with Crippen molar-refractivity contribution in [2.75, 3.05) is 0 Å². The van der Waals surface area contributed by atoms with Crippen molar-refractivity contribution in [3.63, 3.8) is 0 Å². The number of carbonyl (C=O) groups excluding carboxylic acids is 2. The third-order valence-corrected chi connectivity index (χ3v) is 6.44. The van der Waals surface area contributed by atoms with Crippen LogP contribution >= 0.6 is 0 Å². The summed E-state index contributed by atoms with van der Waals surface area (Å²) >= 11 is 0. The maximum absolute atomic E-state index is 12.6. The summed E-state index contributed by atoms with van der Waals surface area (Å²) < 4.78 is 16.9. The molecule has 0 N–H and O–H groups in total. The Morgan fingerprint density at radius 1 is 1.30 bits per heavy atom. The minimum atomic E-state index is -0.643. The predicted octanol–water partition coefficient (Wildman–Crippen LogP) is 1.69. The number of rotatable bonds is 1. The minimum absolute atomic E-state index is 0.0161. The molecule has 5 nitrogen and oxygen atoms in total. The third-order valence-electron chi connectivity index (χ3n) is 6.44. The topological polar surface area (TPSA) is 65.1 Å². The maximum atomic E-state index is 12.6. The average molecular weight is 314 g/mol. The van der Waals surface area contributed by atoms with E-state index < -0.39 is 11.5 Å². The Morgan fingerprint density at radius 3 is 2.83 bits per heavy atom. The van der Waals surface area contributed by atoms with Gasteiger partial charge in [-0.2, -0.15) is 0 Å². The molecule has 2 saturated heterocycles. The molecule has 5 aliphatic rings. The zero-order chi connectivity index (χ0) is 16.1. The fraction of sp³-hybridized carbons (Fsp3) is 0.556. The van der Waals surface area contributed by atoms with Gasteiger partial charge in [0.15, 0.2) is 0 Å². The Bertz CT molecular complexity index is 734. The molecule has 0 spiro atoms. The van der Waals surface area contributed by atoms with E-state index in [0.717, 1.165) is 17.6 Å². The molecular weight excluding hydrogens is 296 g/mol. The highest BCUT2D eigenvalue weighted by Crippen LogP contribution is 2.68. The second kappa shape index (κ2) is 3.78. The van der Waals surface area contributed by atoms with Gasteiger partial charge in [-0.3, -0.25) is 4.79 Å². The van der Waals surface area contributed by atoms with Crippen LogP contribution < -0.4 is 0 Å². The molecule has 7 atom stereocenters. The van der Waals surface area contributed by atoms with Crippen LogP contribution in [0.1, 0.15) is 20.3 Å². The average Bonchev–Trinajstić information content (AvgIpc) is 3.21. The highest BCUT2D eigenvalue weighted by Gasteiger charge is 2.75. The molecule has 5 heteroatoms. The Hall–Kier alpha value is -1.88. The van der Waals surface area contributed by atoms with E-state index in [1.807, 2.05) is 13.0 Å². The first-order valence-corrected chi connectivity index (χ1v) is 8.03. The Balaban J connectivity index is 1.75. The molecule has 23 heavy (non-hydrogen) atoms. The molecule has 3 heterocycles. The summed E-state index contributed by atoms with van der Waals surface area (Å²) in [4.78, 5) is 24.6. The zero-order valence-electron chi connectivity index (χ0n) is 13.1. The van der Waals surface area contributed by atoms with Gasteiger partial charge in [0, 0.05) is 23.0 Å². The third kappa shape index (κ3) is 1.38. The van der Waals surface area contributed by atoms with Gasteiger partial charge in [0.1, 0.15) is 23.7 Å². The van der Waals surface area contributed by atoms with Crippen LogP contribution in [0.15, 0.2) is 36.0 Å². The van der Waals surface area contributed by atoms with Crippen molar-refractivity contribution in [1.29, 1.82) is 0 Å². The summed E-state index contributed by atoms with van der Waals surface area (Å²) in [7, 11) is 0. The van der Waals surface area contributed by atoms with Crippen molar-refractivity contribution in [2.45, 2.75) is 44.7 Å². The number of carbonyl (C=O) groups is 2. The number of epoxide rings is 1. The lowest BCUT2D eigenvalue weighted by Crippen LogP contribution is -2.54. The summed E-state index contributed by atoms with van der Waals surface area (Å²) in [5.74, 6) is -0.561. The molecule has 7 unspecified atom stereocenters. The molecule has 0 aromatic carbocycles. The largest absolute Gasteiger partial charge is 0.457 e. The first kappa shape index (κ1) is 13.5. The van der Waals surface area contributed by atoms with E-state index in [1.54, 1.807) is 12.2 Å². The normalized spacial score (nSPS) is 52.2. The first-order chi connectivity index (χ1) is 10.9. The minimum Gasteiger partial charge on any atom is -0.457 e. The van der Waals surface area contributed by atoms with Gasteiger partial charge in [-0.1, -0.05) is 13.5 Å². The Labute approximate surface area is 134 Å². The molecule has 120 valence electrons. The number of hydrogen-bond acceptors (Lipinski definition) is 5. The molecule has 0 aromatic rings. The highest BCUT2D eigenvalue weighted by molar-refractivity contribution is 5.88. The molecule has 3 aliphatic heterocycles. The van der Waals surface area contributed by atoms with E-state index in [0.29, 0.717) is 0 Å². The molecule has 5 rings (SSSR count). The maximum Gasteiger partial charge on any atom is 0.331 e. The molecule has 0 bridgehead atoms. The van der Waals surface area contributed by atoms with Crippen LogP contribution in [-0.4, -0.2) is 36.4 Å². The van der Waals surface area contributed by atoms with Crippen molar-refractivity contribution in [2.24, 2.45) is 16.7 Å². The van der Waals surface area contributed by atoms with Gasteiger partial charge in [0.25, 0.3) is 0 Å². The van der Waals surface area contributed by atoms with Gasteiger partial charge in [0.05, 0.1) is 6.10 Å². The van der Waals surface area contributed by atoms with Crippen LogP contribution in [0.5, 0.6) is 0 Å². The van der Waals surface area contributed by atoms with Crippen LogP contribution in [0.25, 0.3) is 0 Å². The number of esters is 2. The van der Waals surface area contributed by atoms with E-state index in [1.165, 1.54) is 0 Å². The number of fused-ring (bicyclic) bond motifs is 4. The van der Waals surface area contributed by atoms with Crippen LogP contribution in [0, 0.1) is 16.7 Å². The standard InChI is InChI=1S/C18H18O5/c1-4-10-8-5-11-14-17(2,9(8)6-13(19)21-10)7-12-15(22-12)18(14,3)16(20)23-11/h4-6,10-12,14-15H,1,7H2,2-3H3. The fourth-order valence-electron chi connectivity index (χ4n) is 5.49. The van der Waals surface area contributed by atoms with E-state index in [4.69, 9.17) is 14.2 Å². The van der Waals surface area contributed by atoms with Crippen LogP contribution in [0.2, 0.25) is 0 Å².